The number of quaternary nitrogens is 1. The molecule has 11 heteroatoms. The monoisotopic (exact) mass is 719 g/mol. The van der Waals surface area contributed by atoms with E-state index in [2.05, 4.69) is 39.1 Å². The molecule has 3 saturated carbocycles. The molecule has 50 heavy (non-hydrogen) atoms. The molecule has 4 aliphatic carbocycles. The summed E-state index contributed by atoms with van der Waals surface area (Å²) in [6, 6.07) is 3.73. The number of benzene rings is 1. The highest BCUT2D eigenvalue weighted by Crippen LogP contribution is 2.74. The van der Waals surface area contributed by atoms with Gasteiger partial charge in [0.15, 0.2) is 11.5 Å². The summed E-state index contributed by atoms with van der Waals surface area (Å²) >= 11 is 0. The van der Waals surface area contributed by atoms with Crippen molar-refractivity contribution in [3.8, 4) is 11.5 Å². The van der Waals surface area contributed by atoms with E-state index in [4.69, 9.17) is 4.18 Å². The number of aromatic hydroxyl groups is 2. The van der Waals surface area contributed by atoms with E-state index in [-0.39, 0.29) is 57.7 Å². The van der Waals surface area contributed by atoms with Crippen molar-refractivity contribution in [2.45, 2.75) is 143 Å². The van der Waals surface area contributed by atoms with Crippen molar-refractivity contribution in [1.82, 2.24) is 0 Å². The van der Waals surface area contributed by atoms with E-state index >= 15 is 0 Å². The van der Waals surface area contributed by atoms with Crippen molar-refractivity contribution in [2.75, 3.05) is 6.54 Å². The van der Waals surface area contributed by atoms with Crippen molar-refractivity contribution >= 4 is 16.2 Å². The smallest absolute Gasteiger partial charge is 0.217 e. The number of nitrogens with two attached hydrogens (primary N) is 1. The second-order valence-corrected chi connectivity index (χ2v) is 19.0. The van der Waals surface area contributed by atoms with Gasteiger partial charge >= 0.3 is 0 Å². The SMILES string of the molecule is CC(C)CC(=O)C[C@](C)(O)[C@H]1CC[C@@]2(C)[C@@H]3C[C@H](O)[C@@]4(C)C[C@@H](OS(=O)(=O)[O-])CC[C@]4(C)C3=CC[C@]12C.C[C@H]1[NH2+]CCc2cc(O)c(O)cc21. The van der Waals surface area contributed by atoms with Gasteiger partial charge < -0.3 is 30.3 Å². The quantitative estimate of drug-likeness (QED) is 0.110. The maximum Gasteiger partial charge on any atom is 0.217 e. The highest BCUT2D eigenvalue weighted by molar-refractivity contribution is 7.80. The largest absolute Gasteiger partial charge is 0.726 e. The average molecular weight is 720 g/mol. The molecule has 0 spiro atoms. The van der Waals surface area contributed by atoms with Gasteiger partial charge in [-0.1, -0.05) is 53.2 Å². The Morgan fingerprint density at radius 2 is 1.74 bits per heavy atom. The summed E-state index contributed by atoms with van der Waals surface area (Å²) in [4.78, 5) is 12.7. The van der Waals surface area contributed by atoms with E-state index < -0.39 is 33.6 Å². The molecule has 5 aliphatic rings. The second-order valence-electron chi connectivity index (χ2n) is 18.0. The highest BCUT2D eigenvalue weighted by atomic mass is 32.3. The van der Waals surface area contributed by atoms with Gasteiger partial charge in [0.2, 0.25) is 10.4 Å². The topological polar surface area (TPSA) is 181 Å². The Labute approximate surface area is 299 Å². The fraction of sp³-hybridized carbons (Fsp3) is 0.769. The first-order chi connectivity index (χ1) is 23.0. The van der Waals surface area contributed by atoms with Crippen LogP contribution < -0.4 is 5.32 Å². The number of hydrogen-bond acceptors (Lipinski definition) is 9. The van der Waals surface area contributed by atoms with Crippen molar-refractivity contribution in [1.29, 1.82) is 0 Å². The predicted molar refractivity (Wildman–Crippen MR) is 189 cm³/mol. The Bertz CT molecular complexity index is 1610. The summed E-state index contributed by atoms with van der Waals surface area (Å²) in [7, 11) is -4.81. The Morgan fingerprint density at radius 3 is 2.38 bits per heavy atom. The van der Waals surface area contributed by atoms with Crippen molar-refractivity contribution in [3.05, 3.63) is 34.9 Å². The van der Waals surface area contributed by atoms with Crippen molar-refractivity contribution in [2.24, 2.45) is 39.4 Å². The molecule has 0 saturated heterocycles. The Hall–Kier alpha value is -2.02. The first-order valence-corrected chi connectivity index (χ1v) is 20.0. The molecule has 1 aromatic rings. The number of rotatable bonds is 7. The van der Waals surface area contributed by atoms with E-state index in [9.17, 15) is 38.2 Å². The Morgan fingerprint density at radius 1 is 1.08 bits per heavy atom. The third-order valence-electron chi connectivity index (χ3n) is 14.5. The van der Waals surface area contributed by atoms with Gasteiger partial charge in [-0.25, -0.2) is 8.42 Å². The zero-order chi connectivity index (χ0) is 37.2. The highest BCUT2D eigenvalue weighted by Gasteiger charge is 2.69. The molecule has 0 bridgehead atoms. The number of phenols is 2. The third-order valence-corrected chi connectivity index (χ3v) is 15.0. The number of aliphatic hydroxyl groups is 2. The van der Waals surface area contributed by atoms with Crippen LogP contribution in [0.4, 0.5) is 0 Å². The zero-order valence-electron chi connectivity index (χ0n) is 31.3. The molecule has 1 aromatic carbocycles. The van der Waals surface area contributed by atoms with Crippen molar-refractivity contribution < 1.29 is 47.7 Å². The molecule has 6 rings (SSSR count). The molecule has 0 amide bonds. The van der Waals surface area contributed by atoms with Crippen LogP contribution in [0.25, 0.3) is 0 Å². The van der Waals surface area contributed by atoms with Gasteiger partial charge in [-0.2, -0.15) is 0 Å². The summed E-state index contributed by atoms with van der Waals surface area (Å²) < 4.78 is 38.7. The van der Waals surface area contributed by atoms with Gasteiger partial charge in [-0.05, 0) is 110 Å². The molecule has 282 valence electrons. The maximum atomic E-state index is 12.7. The molecule has 3 fully saturated rings. The van der Waals surface area contributed by atoms with Crippen LogP contribution in [0, 0.1) is 39.4 Å². The van der Waals surface area contributed by atoms with Crippen LogP contribution in [0.15, 0.2) is 23.8 Å². The number of aliphatic hydroxyl groups excluding tert-OH is 1. The van der Waals surface area contributed by atoms with Gasteiger partial charge in [0.05, 0.1) is 24.4 Å². The first-order valence-electron chi connectivity index (χ1n) is 18.6. The van der Waals surface area contributed by atoms with E-state index in [1.165, 1.54) is 5.57 Å². The van der Waals surface area contributed by atoms with Crippen LogP contribution in [0.3, 0.4) is 0 Å². The lowest BCUT2D eigenvalue weighted by molar-refractivity contribution is -0.695. The fourth-order valence-corrected chi connectivity index (χ4v) is 11.9. The molecule has 10 nitrogen and oxygen atoms in total. The van der Waals surface area contributed by atoms with E-state index in [1.807, 2.05) is 27.7 Å². The van der Waals surface area contributed by atoms with Crippen LogP contribution in [-0.2, 0) is 25.8 Å². The number of allylic oxidation sites excluding steroid dienone is 2. The molecule has 0 radical (unpaired) electrons. The zero-order valence-corrected chi connectivity index (χ0v) is 32.1. The van der Waals surface area contributed by atoms with Gasteiger partial charge in [0.25, 0.3) is 0 Å². The number of Topliss-reactive ketones (excluding diaryl/α,β-unsaturated/α-hetero) is 1. The Kier molecular flexibility index (Phi) is 10.5. The summed E-state index contributed by atoms with van der Waals surface area (Å²) in [5.41, 5.74) is 1.22. The molecule has 10 atom stereocenters. The maximum absolute atomic E-state index is 12.7. The summed E-state index contributed by atoms with van der Waals surface area (Å²) in [6.45, 7) is 17.8. The lowest BCUT2D eigenvalue weighted by Crippen LogP contribution is -2.86. The second kappa shape index (κ2) is 13.4. The number of carbonyl (C=O) groups is 1. The lowest BCUT2D eigenvalue weighted by atomic mass is 9.39. The summed E-state index contributed by atoms with van der Waals surface area (Å²) in [5, 5.41) is 44.2. The number of ketones is 1. The van der Waals surface area contributed by atoms with Gasteiger partial charge in [-0.3, -0.25) is 8.98 Å². The predicted octanol–water partition coefficient (Wildman–Crippen LogP) is 5.20. The minimum atomic E-state index is -4.81. The first kappa shape index (κ1) is 39.2. The van der Waals surface area contributed by atoms with Crippen LogP contribution in [-0.4, -0.2) is 63.5 Å². The van der Waals surface area contributed by atoms with Gasteiger partial charge in [-0.15, -0.1) is 0 Å². The standard InChI is InChI=1S/C29H48O7S.C10H13NO2/c1-18(2)14-19(30)16-29(7,32)23-10-13-26(4)22-15-24(31)28(6)17-20(36-37(33,34)35)8-11-25(28,3)21(22)9-12-27(23,26)5;1-6-8-5-10(13)9(12)4-7(8)2-3-11-6/h9,18,20,22-24,31-32H,8,10-17H2,1-7H3,(H,33,34,35);4-6,11-13H,2-3H2,1H3/t20-,22+,23-,24-,25+,26-,27+,28+,29-;6-/m01/s1. The van der Waals surface area contributed by atoms with E-state index in [0.717, 1.165) is 43.4 Å². The normalized spacial score (nSPS) is 39.1. The number of hydrogen-bond donors (Lipinski definition) is 5. The molecule has 1 aliphatic heterocycles. The van der Waals surface area contributed by atoms with Gasteiger partial charge in [0, 0.05) is 30.2 Å². The lowest BCUT2D eigenvalue weighted by Gasteiger charge is -2.66. The minimum Gasteiger partial charge on any atom is -0.726 e. The summed E-state index contributed by atoms with van der Waals surface area (Å²) in [5.74, 6) is 0.463. The molecular formula is C39H61NO9S. The van der Waals surface area contributed by atoms with Crippen LogP contribution >= 0.6 is 0 Å². The van der Waals surface area contributed by atoms with Crippen molar-refractivity contribution in [3.63, 3.8) is 0 Å². The van der Waals surface area contributed by atoms with Crippen LogP contribution in [0.2, 0.25) is 0 Å². The average Bonchev–Trinajstić information content (AvgIpc) is 3.27. The number of fused-ring (bicyclic) bond motifs is 6. The fourth-order valence-electron chi connectivity index (χ4n) is 11.4. The molecule has 0 aromatic heterocycles. The minimum absolute atomic E-state index is 0.00662. The molecular weight excluding hydrogens is 658 g/mol. The molecule has 0 unspecified atom stereocenters. The van der Waals surface area contributed by atoms with E-state index in [1.54, 1.807) is 12.1 Å². The Balaban J connectivity index is 0.000000311. The number of phenolic OH excluding ortho intramolecular Hbond substituents is 2. The van der Waals surface area contributed by atoms with Crippen LogP contribution in [0.5, 0.6) is 11.5 Å². The molecule has 6 N–H and O–H groups in total. The number of carbonyl (C=O) groups excluding carboxylic acids is 1. The molecule has 1 heterocycles. The van der Waals surface area contributed by atoms with E-state index in [0.29, 0.717) is 38.1 Å². The van der Waals surface area contributed by atoms with Crippen LogP contribution in [0.1, 0.15) is 130 Å². The third kappa shape index (κ3) is 6.80. The van der Waals surface area contributed by atoms with Gasteiger partial charge in [0.1, 0.15) is 11.8 Å². The summed E-state index contributed by atoms with van der Waals surface area (Å²) in [6.07, 6.45) is 7.09.